The Labute approximate surface area is 134 Å². The number of nitrogens with one attached hydrogen (secondary N) is 2. The van der Waals surface area contributed by atoms with Gasteiger partial charge in [0.1, 0.15) is 11.8 Å². The Hall–Kier alpha value is -2.18. The maximum atomic E-state index is 12.6. The van der Waals surface area contributed by atoms with Crippen molar-refractivity contribution in [2.45, 2.75) is 44.6 Å². The van der Waals surface area contributed by atoms with Crippen LogP contribution < -0.4 is 10.2 Å². The van der Waals surface area contributed by atoms with Crippen molar-refractivity contribution in [3.05, 3.63) is 12.7 Å². The number of piperidine rings is 1. The van der Waals surface area contributed by atoms with Gasteiger partial charge in [0, 0.05) is 19.1 Å². The number of aromatic nitrogens is 4. The highest BCUT2D eigenvalue weighted by Crippen LogP contribution is 2.26. The van der Waals surface area contributed by atoms with Gasteiger partial charge < -0.3 is 15.2 Å². The third-order valence-corrected chi connectivity index (χ3v) is 5.00. The Morgan fingerprint density at radius 2 is 2.04 bits per heavy atom. The quantitative estimate of drug-likeness (QED) is 0.899. The molecular weight excluding hydrogens is 292 g/mol. The fourth-order valence-corrected chi connectivity index (χ4v) is 3.76. The van der Waals surface area contributed by atoms with Crippen LogP contribution in [0.1, 0.15) is 38.5 Å². The molecule has 0 spiro atoms. The molecule has 1 amide bonds. The molecule has 4 rings (SSSR count). The van der Waals surface area contributed by atoms with Crippen LogP contribution in [0.5, 0.6) is 0 Å². The van der Waals surface area contributed by atoms with Gasteiger partial charge in [0.05, 0.1) is 12.2 Å². The van der Waals surface area contributed by atoms with E-state index in [1.807, 2.05) is 0 Å². The summed E-state index contributed by atoms with van der Waals surface area (Å²) in [7, 11) is 0. The third-order valence-electron chi connectivity index (χ3n) is 5.00. The minimum atomic E-state index is 0.0392. The molecule has 0 bridgehead atoms. The predicted molar refractivity (Wildman–Crippen MR) is 87.0 cm³/mol. The second kappa shape index (κ2) is 6.14. The zero-order chi connectivity index (χ0) is 15.6. The lowest BCUT2D eigenvalue weighted by molar-refractivity contribution is -0.125. The Balaban J connectivity index is 1.48. The molecule has 23 heavy (non-hydrogen) atoms. The minimum absolute atomic E-state index is 0.0392. The molecule has 2 fully saturated rings. The summed E-state index contributed by atoms with van der Waals surface area (Å²) in [6.07, 6.45) is 9.86. The SMILES string of the molecule is O=C(NC1CCCC1)[C@H]1CCCN(c2ncnc3nc[nH]c23)C1. The maximum absolute atomic E-state index is 12.6. The largest absolute Gasteiger partial charge is 0.354 e. The molecular formula is C16H22N6O. The first kappa shape index (κ1) is 14.4. The van der Waals surface area contributed by atoms with Gasteiger partial charge in [-0.25, -0.2) is 15.0 Å². The van der Waals surface area contributed by atoms with Crippen LogP contribution in [0.15, 0.2) is 12.7 Å². The van der Waals surface area contributed by atoms with Crippen molar-refractivity contribution in [1.82, 2.24) is 25.3 Å². The smallest absolute Gasteiger partial charge is 0.225 e. The number of carbonyl (C=O) groups excluding carboxylic acids is 1. The van der Waals surface area contributed by atoms with Crippen LogP contribution in [0.3, 0.4) is 0 Å². The van der Waals surface area contributed by atoms with Gasteiger partial charge in [-0.3, -0.25) is 4.79 Å². The van der Waals surface area contributed by atoms with Gasteiger partial charge in [0.15, 0.2) is 11.5 Å². The number of amides is 1. The van der Waals surface area contributed by atoms with Gasteiger partial charge in [0.2, 0.25) is 5.91 Å². The number of hydrogen-bond acceptors (Lipinski definition) is 5. The number of nitrogens with zero attached hydrogens (tertiary/aromatic N) is 4. The molecule has 1 aliphatic heterocycles. The summed E-state index contributed by atoms with van der Waals surface area (Å²) in [5, 5.41) is 3.23. The molecule has 0 radical (unpaired) electrons. The number of aromatic amines is 1. The molecule has 7 heteroatoms. The van der Waals surface area contributed by atoms with Gasteiger partial charge in [0.25, 0.3) is 0 Å². The van der Waals surface area contributed by atoms with Gasteiger partial charge in [-0.05, 0) is 25.7 Å². The lowest BCUT2D eigenvalue weighted by Gasteiger charge is -2.33. The summed E-state index contributed by atoms with van der Waals surface area (Å²) in [4.78, 5) is 30.6. The maximum Gasteiger partial charge on any atom is 0.225 e. The van der Waals surface area contributed by atoms with E-state index in [1.54, 1.807) is 12.7 Å². The van der Waals surface area contributed by atoms with E-state index in [1.165, 1.54) is 12.8 Å². The average molecular weight is 314 g/mol. The highest BCUT2D eigenvalue weighted by Gasteiger charge is 2.29. The van der Waals surface area contributed by atoms with Crippen molar-refractivity contribution < 1.29 is 4.79 Å². The van der Waals surface area contributed by atoms with E-state index in [0.717, 1.165) is 43.6 Å². The van der Waals surface area contributed by atoms with Crippen molar-refractivity contribution in [2.24, 2.45) is 5.92 Å². The first-order valence-electron chi connectivity index (χ1n) is 8.50. The summed E-state index contributed by atoms with van der Waals surface area (Å²) in [6.45, 7) is 1.63. The average Bonchev–Trinajstić information content (AvgIpc) is 3.25. The molecule has 3 heterocycles. The molecule has 7 nitrogen and oxygen atoms in total. The molecule has 2 N–H and O–H groups in total. The van der Waals surface area contributed by atoms with Gasteiger partial charge in [-0.1, -0.05) is 12.8 Å². The number of carbonyl (C=O) groups is 1. The fourth-order valence-electron chi connectivity index (χ4n) is 3.76. The molecule has 1 atom stereocenters. The molecule has 2 aromatic rings. The zero-order valence-electron chi connectivity index (χ0n) is 13.2. The van der Waals surface area contributed by atoms with E-state index in [9.17, 15) is 4.79 Å². The van der Waals surface area contributed by atoms with Crippen LogP contribution in [0.2, 0.25) is 0 Å². The lowest BCUT2D eigenvalue weighted by atomic mass is 9.96. The second-order valence-corrected chi connectivity index (χ2v) is 6.57. The predicted octanol–water partition coefficient (Wildman–Crippen LogP) is 1.63. The Kier molecular flexibility index (Phi) is 3.85. The zero-order valence-corrected chi connectivity index (χ0v) is 13.2. The van der Waals surface area contributed by atoms with Crippen molar-refractivity contribution in [1.29, 1.82) is 0 Å². The number of imidazole rings is 1. The number of rotatable bonds is 3. The van der Waals surface area contributed by atoms with Crippen molar-refractivity contribution in [2.75, 3.05) is 18.0 Å². The normalized spacial score (nSPS) is 22.6. The highest BCUT2D eigenvalue weighted by molar-refractivity contribution is 5.84. The van der Waals surface area contributed by atoms with Crippen LogP contribution >= 0.6 is 0 Å². The van der Waals surface area contributed by atoms with Gasteiger partial charge in [-0.2, -0.15) is 0 Å². The standard InChI is InChI=1S/C16H22N6O/c23-16(21-12-5-1-2-6-12)11-4-3-7-22(8-11)15-13-14(18-9-17-13)19-10-20-15/h9-12H,1-8H2,(H,21,23)(H,17,18,19,20)/t11-/m0/s1. The van der Waals surface area contributed by atoms with E-state index in [0.29, 0.717) is 18.2 Å². The van der Waals surface area contributed by atoms with E-state index >= 15 is 0 Å². The topological polar surface area (TPSA) is 86.8 Å². The summed E-state index contributed by atoms with van der Waals surface area (Å²) < 4.78 is 0. The van der Waals surface area contributed by atoms with E-state index < -0.39 is 0 Å². The molecule has 122 valence electrons. The van der Waals surface area contributed by atoms with Crippen LogP contribution in [0.25, 0.3) is 11.2 Å². The number of hydrogen-bond donors (Lipinski definition) is 2. The molecule has 1 aliphatic carbocycles. The van der Waals surface area contributed by atoms with E-state index in [2.05, 4.69) is 30.2 Å². The highest BCUT2D eigenvalue weighted by atomic mass is 16.2. The monoisotopic (exact) mass is 314 g/mol. The van der Waals surface area contributed by atoms with Crippen LogP contribution in [0.4, 0.5) is 5.82 Å². The minimum Gasteiger partial charge on any atom is -0.354 e. The van der Waals surface area contributed by atoms with E-state index in [-0.39, 0.29) is 11.8 Å². The molecule has 2 aromatic heterocycles. The molecule has 0 unspecified atom stereocenters. The van der Waals surface area contributed by atoms with Crippen molar-refractivity contribution in [3.8, 4) is 0 Å². The van der Waals surface area contributed by atoms with E-state index in [4.69, 9.17) is 0 Å². The first-order chi connectivity index (χ1) is 11.3. The number of fused-ring (bicyclic) bond motifs is 1. The first-order valence-corrected chi connectivity index (χ1v) is 8.50. The third kappa shape index (κ3) is 2.87. The Morgan fingerprint density at radius 1 is 1.17 bits per heavy atom. The lowest BCUT2D eigenvalue weighted by Crippen LogP contribution is -2.45. The number of H-pyrrole nitrogens is 1. The van der Waals surface area contributed by atoms with Crippen LogP contribution in [-0.4, -0.2) is 45.0 Å². The number of anilines is 1. The summed E-state index contributed by atoms with van der Waals surface area (Å²) in [5.74, 6) is 1.10. The molecule has 2 aliphatic rings. The van der Waals surface area contributed by atoms with Crippen LogP contribution in [-0.2, 0) is 4.79 Å². The summed E-state index contributed by atoms with van der Waals surface area (Å²) in [6, 6.07) is 0.385. The van der Waals surface area contributed by atoms with Gasteiger partial charge in [-0.15, -0.1) is 0 Å². The molecule has 1 saturated carbocycles. The fraction of sp³-hybridized carbons (Fsp3) is 0.625. The summed E-state index contributed by atoms with van der Waals surface area (Å²) in [5.41, 5.74) is 1.52. The molecule has 0 aromatic carbocycles. The van der Waals surface area contributed by atoms with Crippen LogP contribution in [0, 0.1) is 5.92 Å². The summed E-state index contributed by atoms with van der Waals surface area (Å²) >= 11 is 0. The Bertz CT molecular complexity index is 693. The van der Waals surface area contributed by atoms with Crippen molar-refractivity contribution >= 4 is 22.9 Å². The van der Waals surface area contributed by atoms with Crippen molar-refractivity contribution in [3.63, 3.8) is 0 Å². The Morgan fingerprint density at radius 3 is 2.91 bits per heavy atom. The molecule has 1 saturated heterocycles. The second-order valence-electron chi connectivity index (χ2n) is 6.57. The van der Waals surface area contributed by atoms with Gasteiger partial charge >= 0.3 is 0 Å².